The molecule has 0 N–H and O–H groups in total. The van der Waals surface area contributed by atoms with Crippen molar-refractivity contribution >= 4 is 44.2 Å². The van der Waals surface area contributed by atoms with Crippen LogP contribution in [-0.4, -0.2) is 18.8 Å². The lowest BCUT2D eigenvalue weighted by Crippen LogP contribution is -2.15. The van der Waals surface area contributed by atoms with Crippen LogP contribution in [0.5, 0.6) is 11.5 Å². The van der Waals surface area contributed by atoms with E-state index in [0.717, 1.165) is 39.0 Å². The van der Waals surface area contributed by atoms with Crippen molar-refractivity contribution in [3.8, 4) is 28.3 Å². The monoisotopic (exact) mass is 559 g/mol. The Bertz CT molecular complexity index is 2040. The number of halogens is 1. The van der Waals surface area contributed by atoms with E-state index in [1.165, 1.54) is 38.6 Å². The third-order valence-electron chi connectivity index (χ3n) is 9.00. The zero-order chi connectivity index (χ0) is 28.8. The Hall–Kier alpha value is -3.95. The summed E-state index contributed by atoms with van der Waals surface area (Å²) in [6.07, 6.45) is 0. The smallest absolute Gasteiger partial charge is 0.128 e. The van der Waals surface area contributed by atoms with Crippen LogP contribution in [0.1, 0.15) is 51.3 Å². The second-order valence-electron chi connectivity index (χ2n) is 12.7. The van der Waals surface area contributed by atoms with Gasteiger partial charge in [0.1, 0.15) is 11.5 Å². The Morgan fingerprint density at radius 1 is 0.756 bits per heavy atom. The number of ether oxygens (including phenoxy) is 2. The minimum absolute atomic E-state index is 0.0116. The molecule has 0 saturated heterocycles. The molecule has 0 saturated carbocycles. The molecule has 6 aromatic rings. The predicted molar refractivity (Wildman–Crippen MR) is 173 cm³/mol. The van der Waals surface area contributed by atoms with E-state index in [4.69, 9.17) is 21.1 Å². The fourth-order valence-corrected chi connectivity index (χ4v) is 7.18. The summed E-state index contributed by atoms with van der Waals surface area (Å²) in [6, 6.07) is 28.4. The largest absolute Gasteiger partial charge is 0.497 e. The number of methoxy groups -OCH3 is 2. The average Bonchev–Trinajstić information content (AvgIpc) is 3.42. The second kappa shape index (κ2) is 8.77. The molecule has 0 atom stereocenters. The number of benzene rings is 5. The van der Waals surface area contributed by atoms with Crippen molar-refractivity contribution in [1.82, 2.24) is 4.57 Å². The van der Waals surface area contributed by atoms with Crippen LogP contribution in [0.2, 0.25) is 5.02 Å². The first-order valence-electron chi connectivity index (χ1n) is 14.1. The van der Waals surface area contributed by atoms with Crippen LogP contribution >= 0.6 is 11.6 Å². The molecule has 3 nitrogen and oxygen atoms in total. The highest BCUT2D eigenvalue weighted by Gasteiger charge is 2.37. The summed E-state index contributed by atoms with van der Waals surface area (Å²) < 4.78 is 13.8. The molecule has 1 aliphatic carbocycles. The van der Waals surface area contributed by atoms with E-state index in [9.17, 15) is 0 Å². The summed E-state index contributed by atoms with van der Waals surface area (Å²) in [4.78, 5) is 0. The number of rotatable bonds is 3. The second-order valence-corrected chi connectivity index (χ2v) is 13.1. The molecular weight excluding hydrogens is 526 g/mol. The first kappa shape index (κ1) is 26.0. The van der Waals surface area contributed by atoms with Crippen LogP contribution in [0.15, 0.2) is 78.9 Å². The van der Waals surface area contributed by atoms with Crippen molar-refractivity contribution in [3.63, 3.8) is 0 Å². The Balaban J connectivity index is 1.58. The molecule has 0 unspecified atom stereocenters. The predicted octanol–water partition coefficient (Wildman–Crippen LogP) is 10.2. The van der Waals surface area contributed by atoms with Crippen molar-refractivity contribution in [2.24, 2.45) is 0 Å². The number of fused-ring (bicyclic) bond motifs is 8. The van der Waals surface area contributed by atoms with Crippen LogP contribution in [-0.2, 0) is 10.8 Å². The number of hydrogen-bond acceptors (Lipinski definition) is 2. The van der Waals surface area contributed by atoms with Crippen molar-refractivity contribution in [1.29, 1.82) is 0 Å². The van der Waals surface area contributed by atoms with Gasteiger partial charge >= 0.3 is 0 Å². The van der Waals surface area contributed by atoms with Gasteiger partial charge in [-0.3, -0.25) is 0 Å². The van der Waals surface area contributed by atoms with E-state index in [1.54, 1.807) is 14.2 Å². The minimum atomic E-state index is -0.180. The van der Waals surface area contributed by atoms with Gasteiger partial charge in [-0.05, 0) is 81.1 Å². The van der Waals surface area contributed by atoms with Crippen LogP contribution in [0.25, 0.3) is 49.4 Å². The standard InChI is InChI=1S/C37H34ClNO2/c1-36(2,3)21-11-17-31-27(19-21)33-32(41-7)18-16-29(38)35(33)39(31)30-10-8-9-25-24(30)14-15-26-23-13-12-22(40-6)20-28(23)37(4,5)34(25)26/h8-20H,1-7H3. The Morgan fingerprint density at radius 2 is 1.54 bits per heavy atom. The van der Waals surface area contributed by atoms with Gasteiger partial charge in [-0.15, -0.1) is 0 Å². The molecule has 5 aromatic carbocycles. The minimum Gasteiger partial charge on any atom is -0.497 e. The van der Waals surface area contributed by atoms with Crippen molar-refractivity contribution in [3.05, 3.63) is 101 Å². The van der Waals surface area contributed by atoms with Gasteiger partial charge in [0.05, 0.1) is 41.3 Å². The Morgan fingerprint density at radius 3 is 2.27 bits per heavy atom. The van der Waals surface area contributed by atoms with E-state index < -0.39 is 0 Å². The van der Waals surface area contributed by atoms with Gasteiger partial charge in [-0.1, -0.05) is 82.6 Å². The van der Waals surface area contributed by atoms with Crippen LogP contribution < -0.4 is 9.47 Å². The molecular formula is C37H34ClNO2. The van der Waals surface area contributed by atoms with E-state index in [-0.39, 0.29) is 10.8 Å². The van der Waals surface area contributed by atoms with Gasteiger partial charge in [-0.2, -0.15) is 0 Å². The lowest BCUT2D eigenvalue weighted by atomic mass is 9.80. The molecule has 0 amide bonds. The summed E-state index contributed by atoms with van der Waals surface area (Å²) in [5.41, 5.74) is 9.49. The first-order chi connectivity index (χ1) is 19.6. The molecule has 41 heavy (non-hydrogen) atoms. The summed E-state index contributed by atoms with van der Waals surface area (Å²) >= 11 is 7.03. The van der Waals surface area contributed by atoms with E-state index in [0.29, 0.717) is 5.02 Å². The third-order valence-corrected chi connectivity index (χ3v) is 9.31. The third kappa shape index (κ3) is 3.58. The molecule has 4 heteroatoms. The summed E-state index contributed by atoms with van der Waals surface area (Å²) in [6.45, 7) is 11.4. The van der Waals surface area contributed by atoms with Gasteiger partial charge in [0.2, 0.25) is 0 Å². The lowest BCUT2D eigenvalue weighted by molar-refractivity contribution is 0.413. The fraction of sp³-hybridized carbons (Fsp3) is 0.243. The van der Waals surface area contributed by atoms with Crippen molar-refractivity contribution in [2.75, 3.05) is 14.2 Å². The summed E-state index contributed by atoms with van der Waals surface area (Å²) in [5.74, 6) is 1.71. The SMILES string of the molecule is COc1ccc2c(c1)C(C)(C)c1c-2ccc2c(-n3c4ccc(C(C)(C)C)cc4c4c(OC)ccc(Cl)c43)cccc12. The zero-order valence-electron chi connectivity index (χ0n) is 24.6. The van der Waals surface area contributed by atoms with Gasteiger partial charge in [0.15, 0.2) is 0 Å². The lowest BCUT2D eigenvalue weighted by Gasteiger charge is -2.24. The molecule has 1 aromatic heterocycles. The highest BCUT2D eigenvalue weighted by molar-refractivity contribution is 6.37. The first-order valence-corrected chi connectivity index (χ1v) is 14.5. The zero-order valence-corrected chi connectivity index (χ0v) is 25.4. The number of hydrogen-bond donors (Lipinski definition) is 0. The highest BCUT2D eigenvalue weighted by Crippen LogP contribution is 2.53. The van der Waals surface area contributed by atoms with Crippen LogP contribution in [0.3, 0.4) is 0 Å². The van der Waals surface area contributed by atoms with Crippen molar-refractivity contribution in [2.45, 2.75) is 45.4 Å². The normalized spacial score (nSPS) is 14.0. The quantitative estimate of drug-likeness (QED) is 0.215. The molecule has 7 rings (SSSR count). The van der Waals surface area contributed by atoms with Gasteiger partial charge in [-0.25, -0.2) is 0 Å². The maximum Gasteiger partial charge on any atom is 0.128 e. The molecule has 0 spiro atoms. The van der Waals surface area contributed by atoms with Gasteiger partial charge in [0.25, 0.3) is 0 Å². The molecule has 0 radical (unpaired) electrons. The van der Waals surface area contributed by atoms with E-state index in [1.807, 2.05) is 12.1 Å². The fourth-order valence-electron chi connectivity index (χ4n) is 6.94. The number of aromatic nitrogens is 1. The molecule has 206 valence electrons. The molecule has 1 aliphatic rings. The molecule has 0 aliphatic heterocycles. The van der Waals surface area contributed by atoms with E-state index in [2.05, 4.69) is 106 Å². The average molecular weight is 560 g/mol. The van der Waals surface area contributed by atoms with Crippen LogP contribution in [0.4, 0.5) is 0 Å². The summed E-state index contributed by atoms with van der Waals surface area (Å²) in [5, 5.41) is 5.33. The van der Waals surface area contributed by atoms with Gasteiger partial charge < -0.3 is 14.0 Å². The number of nitrogens with zero attached hydrogens (tertiary/aromatic N) is 1. The van der Waals surface area contributed by atoms with Crippen molar-refractivity contribution < 1.29 is 9.47 Å². The summed E-state index contributed by atoms with van der Waals surface area (Å²) in [7, 11) is 3.46. The molecule has 1 heterocycles. The maximum atomic E-state index is 7.03. The highest BCUT2D eigenvalue weighted by atomic mass is 35.5. The Kier molecular flexibility index (Phi) is 5.56. The maximum absolute atomic E-state index is 7.03. The molecule has 0 bridgehead atoms. The van der Waals surface area contributed by atoms with Crippen LogP contribution in [0, 0.1) is 0 Å². The topological polar surface area (TPSA) is 23.4 Å². The molecule has 0 fully saturated rings. The van der Waals surface area contributed by atoms with E-state index >= 15 is 0 Å². The Labute approximate surface area is 246 Å². The van der Waals surface area contributed by atoms with Gasteiger partial charge in [0, 0.05) is 16.2 Å².